The minimum Gasteiger partial charge on any atom is -0.296 e. The van der Waals surface area contributed by atoms with Crippen LogP contribution in [0.2, 0.25) is 0 Å². The van der Waals surface area contributed by atoms with Crippen LogP contribution in [0.15, 0.2) is 54.6 Å². The first-order valence-electron chi connectivity index (χ1n) is 8.67. The van der Waals surface area contributed by atoms with Crippen molar-refractivity contribution in [1.82, 2.24) is 4.90 Å². The van der Waals surface area contributed by atoms with Gasteiger partial charge < -0.3 is 0 Å². The molecule has 1 nitrogen and oxygen atoms in total. The molecule has 0 amide bonds. The van der Waals surface area contributed by atoms with E-state index >= 15 is 0 Å². The van der Waals surface area contributed by atoms with E-state index in [2.05, 4.69) is 66.4 Å². The first kappa shape index (κ1) is 14.0. The van der Waals surface area contributed by atoms with Crippen LogP contribution in [-0.4, -0.2) is 17.5 Å². The maximum atomic E-state index is 2.70. The molecule has 2 aromatic rings. The van der Waals surface area contributed by atoms with Crippen molar-refractivity contribution in [2.75, 3.05) is 6.54 Å². The van der Waals surface area contributed by atoms with E-state index in [1.807, 2.05) is 0 Å². The van der Waals surface area contributed by atoms with Gasteiger partial charge in [-0.3, -0.25) is 4.90 Å². The average molecular weight is 291 g/mol. The van der Waals surface area contributed by atoms with E-state index in [1.165, 1.54) is 31.4 Å². The van der Waals surface area contributed by atoms with Gasteiger partial charge in [0.25, 0.3) is 0 Å². The van der Waals surface area contributed by atoms with Crippen molar-refractivity contribution in [2.45, 2.75) is 44.7 Å². The van der Waals surface area contributed by atoms with E-state index in [0.29, 0.717) is 6.04 Å². The molecule has 2 aromatic carbocycles. The lowest BCUT2D eigenvalue weighted by Crippen LogP contribution is -2.46. The van der Waals surface area contributed by atoms with E-state index in [9.17, 15) is 0 Å². The highest BCUT2D eigenvalue weighted by molar-refractivity contribution is 5.34. The number of likely N-dealkylation sites (tertiary alicyclic amines) is 1. The van der Waals surface area contributed by atoms with Crippen molar-refractivity contribution in [1.29, 1.82) is 0 Å². The monoisotopic (exact) mass is 291 g/mol. The maximum Gasteiger partial charge on any atom is 0.0236 e. The fraction of sp³-hybridized carbons (Fsp3) is 0.429. The first-order valence-corrected chi connectivity index (χ1v) is 8.67. The molecule has 1 saturated heterocycles. The predicted molar refractivity (Wildman–Crippen MR) is 91.9 cm³/mol. The van der Waals surface area contributed by atoms with Crippen molar-refractivity contribution < 1.29 is 0 Å². The Kier molecular flexibility index (Phi) is 3.75. The van der Waals surface area contributed by atoms with Crippen LogP contribution in [0.1, 0.15) is 42.4 Å². The summed E-state index contributed by atoms with van der Waals surface area (Å²) in [7, 11) is 0. The van der Waals surface area contributed by atoms with Gasteiger partial charge in [-0.15, -0.1) is 0 Å². The van der Waals surface area contributed by atoms with Crippen molar-refractivity contribution in [3.05, 3.63) is 71.3 Å². The molecule has 22 heavy (non-hydrogen) atoms. The van der Waals surface area contributed by atoms with Crippen molar-refractivity contribution in [2.24, 2.45) is 5.92 Å². The number of nitrogens with zero attached hydrogens (tertiary/aromatic N) is 1. The van der Waals surface area contributed by atoms with Crippen LogP contribution in [0.5, 0.6) is 0 Å². The quantitative estimate of drug-likeness (QED) is 0.780. The van der Waals surface area contributed by atoms with E-state index < -0.39 is 0 Å². The van der Waals surface area contributed by atoms with Gasteiger partial charge in [-0.05, 0) is 54.7 Å². The lowest BCUT2D eigenvalue weighted by Gasteiger charge is -2.46. The lowest BCUT2D eigenvalue weighted by atomic mass is 9.70. The number of piperidine rings is 1. The van der Waals surface area contributed by atoms with Crippen LogP contribution < -0.4 is 0 Å². The summed E-state index contributed by atoms with van der Waals surface area (Å²) >= 11 is 0. The molecule has 0 saturated carbocycles. The molecule has 0 spiro atoms. The summed E-state index contributed by atoms with van der Waals surface area (Å²) in [6, 6.07) is 20.8. The molecule has 1 unspecified atom stereocenters. The normalized spacial score (nSPS) is 28.0. The van der Waals surface area contributed by atoms with Gasteiger partial charge in [0, 0.05) is 19.1 Å². The van der Waals surface area contributed by atoms with Crippen molar-refractivity contribution >= 4 is 0 Å². The van der Waals surface area contributed by atoms with Gasteiger partial charge in [-0.2, -0.15) is 0 Å². The molecule has 1 heterocycles. The minimum atomic E-state index is 0.674. The van der Waals surface area contributed by atoms with Crippen molar-refractivity contribution in [3.8, 4) is 0 Å². The number of benzene rings is 2. The molecule has 0 N–H and O–H groups in total. The highest BCUT2D eigenvalue weighted by Gasteiger charge is 2.37. The number of rotatable bonds is 2. The summed E-state index contributed by atoms with van der Waals surface area (Å²) in [5, 5.41) is 0. The third kappa shape index (κ3) is 2.59. The third-order valence-corrected chi connectivity index (χ3v) is 5.72. The van der Waals surface area contributed by atoms with Crippen LogP contribution >= 0.6 is 0 Å². The lowest BCUT2D eigenvalue weighted by molar-refractivity contribution is 0.0839. The molecule has 4 rings (SSSR count). The molecular weight excluding hydrogens is 266 g/mol. The van der Waals surface area contributed by atoms with Gasteiger partial charge in [0.2, 0.25) is 0 Å². The molecule has 1 fully saturated rings. The average Bonchev–Trinajstić information content (AvgIpc) is 2.57. The number of fused-ring (bicyclic) bond motifs is 3. The molecule has 1 aliphatic heterocycles. The van der Waals surface area contributed by atoms with E-state index in [4.69, 9.17) is 0 Å². The van der Waals surface area contributed by atoms with Gasteiger partial charge in [-0.25, -0.2) is 0 Å². The molecule has 0 radical (unpaired) electrons. The molecule has 1 heteroatoms. The van der Waals surface area contributed by atoms with Gasteiger partial charge in [0.15, 0.2) is 0 Å². The Hall–Kier alpha value is -1.60. The number of hydrogen-bond acceptors (Lipinski definition) is 1. The van der Waals surface area contributed by atoms with E-state index in [-0.39, 0.29) is 0 Å². The Labute approximate surface area is 134 Å². The van der Waals surface area contributed by atoms with Crippen LogP contribution in [0, 0.1) is 5.92 Å². The Balaban J connectivity index is 1.53. The summed E-state index contributed by atoms with van der Waals surface area (Å²) in [6.07, 6.45) is 3.94. The number of hydrogen-bond donors (Lipinski definition) is 0. The molecular formula is C21H25N. The topological polar surface area (TPSA) is 3.24 Å². The van der Waals surface area contributed by atoms with Crippen molar-refractivity contribution in [3.63, 3.8) is 0 Å². The smallest absolute Gasteiger partial charge is 0.0236 e. The van der Waals surface area contributed by atoms with Gasteiger partial charge >= 0.3 is 0 Å². The summed E-state index contributed by atoms with van der Waals surface area (Å²) in [5.41, 5.74) is 4.70. The fourth-order valence-corrected chi connectivity index (χ4v) is 4.49. The molecule has 114 valence electrons. The molecule has 3 atom stereocenters. The van der Waals surface area contributed by atoms with E-state index in [0.717, 1.165) is 18.4 Å². The Bertz CT molecular complexity index is 633. The largest absolute Gasteiger partial charge is 0.296 e. The summed E-state index contributed by atoms with van der Waals surface area (Å²) in [4.78, 5) is 2.70. The Morgan fingerprint density at radius 2 is 1.77 bits per heavy atom. The Morgan fingerprint density at radius 3 is 2.64 bits per heavy atom. The summed E-state index contributed by atoms with van der Waals surface area (Å²) in [5.74, 6) is 1.63. The maximum absolute atomic E-state index is 2.70. The van der Waals surface area contributed by atoms with Crippen LogP contribution in [0.25, 0.3) is 0 Å². The number of aryl methyl sites for hydroxylation is 1. The third-order valence-electron chi connectivity index (χ3n) is 5.72. The SMILES string of the molecule is C[C@@H]1C[C@H]2c3ccccc3CCC2CN1Cc1ccccc1. The zero-order valence-corrected chi connectivity index (χ0v) is 13.4. The fourth-order valence-electron chi connectivity index (χ4n) is 4.49. The summed E-state index contributed by atoms with van der Waals surface area (Å²) < 4.78 is 0. The second-order valence-corrected chi connectivity index (χ2v) is 7.10. The summed E-state index contributed by atoms with van der Waals surface area (Å²) in [6.45, 7) is 4.78. The zero-order chi connectivity index (χ0) is 14.9. The van der Waals surface area contributed by atoms with Crippen LogP contribution in [0.3, 0.4) is 0 Å². The van der Waals surface area contributed by atoms with Crippen LogP contribution in [-0.2, 0) is 13.0 Å². The predicted octanol–water partition coefficient (Wildman–Crippen LogP) is 4.63. The van der Waals surface area contributed by atoms with Gasteiger partial charge in [0.05, 0.1) is 0 Å². The van der Waals surface area contributed by atoms with Gasteiger partial charge in [0.1, 0.15) is 0 Å². The van der Waals surface area contributed by atoms with E-state index in [1.54, 1.807) is 11.1 Å². The first-order chi connectivity index (χ1) is 10.8. The highest BCUT2D eigenvalue weighted by Crippen LogP contribution is 2.43. The minimum absolute atomic E-state index is 0.674. The molecule has 1 aliphatic carbocycles. The van der Waals surface area contributed by atoms with Crippen LogP contribution in [0.4, 0.5) is 0 Å². The highest BCUT2D eigenvalue weighted by atomic mass is 15.2. The molecule has 0 bridgehead atoms. The second-order valence-electron chi connectivity index (χ2n) is 7.10. The Morgan fingerprint density at radius 1 is 1.00 bits per heavy atom. The standard InChI is InChI=1S/C21H25N/c1-16-13-21-19(12-11-18-9-5-6-10-20(18)21)15-22(16)14-17-7-3-2-4-8-17/h2-10,16,19,21H,11-15H2,1H3/t16-,19?,21-/m1/s1. The zero-order valence-electron chi connectivity index (χ0n) is 13.4. The van der Waals surface area contributed by atoms with Gasteiger partial charge in [-0.1, -0.05) is 54.6 Å². The second kappa shape index (κ2) is 5.89. The molecule has 0 aromatic heterocycles. The molecule has 2 aliphatic rings.